The van der Waals surface area contributed by atoms with Gasteiger partial charge in [0, 0.05) is 0 Å². The number of unbranched alkanes of at least 4 members (excludes halogenated alkanes) is 3. The van der Waals surface area contributed by atoms with Gasteiger partial charge in [-0.3, -0.25) is 0 Å². The van der Waals surface area contributed by atoms with Crippen LogP contribution >= 0.6 is 0 Å². The molecule has 5 heteroatoms. The Hall–Kier alpha value is -2.17. The summed E-state index contributed by atoms with van der Waals surface area (Å²) in [4.78, 5) is 0. The van der Waals surface area contributed by atoms with Crippen molar-refractivity contribution in [1.29, 1.82) is 0 Å². The molecule has 1 fully saturated rings. The number of allylic oxidation sites excluding steroid dienone is 2. The molecule has 0 radical (unpaired) electrons. The number of benzene rings is 2. The lowest BCUT2D eigenvalue weighted by Gasteiger charge is -2.29. The maximum Gasteiger partial charge on any atom is 0.194 e. The molecular weight excluding hydrogens is 455 g/mol. The van der Waals surface area contributed by atoms with Gasteiger partial charge >= 0.3 is 0 Å². The minimum atomic E-state index is -1.65. The van der Waals surface area contributed by atoms with Gasteiger partial charge in [-0.25, -0.2) is 22.0 Å². The van der Waals surface area contributed by atoms with Crippen molar-refractivity contribution in [3.05, 3.63) is 70.1 Å². The molecule has 2 aromatic rings. The largest absolute Gasteiger partial charge is 0.206 e. The fourth-order valence-electron chi connectivity index (χ4n) is 5.86. The molecule has 190 valence electrons. The van der Waals surface area contributed by atoms with Gasteiger partial charge < -0.3 is 0 Å². The normalized spacial score (nSPS) is 20.0. The third kappa shape index (κ3) is 6.16. The van der Waals surface area contributed by atoms with E-state index in [2.05, 4.69) is 6.92 Å². The molecule has 0 unspecified atom stereocenters. The van der Waals surface area contributed by atoms with Gasteiger partial charge in [0.1, 0.15) is 11.6 Å². The van der Waals surface area contributed by atoms with Gasteiger partial charge in [-0.1, -0.05) is 76.4 Å². The van der Waals surface area contributed by atoms with Crippen molar-refractivity contribution in [3.8, 4) is 11.1 Å². The summed E-state index contributed by atoms with van der Waals surface area (Å²) in [6, 6.07) is 2.54. The first-order valence-electron chi connectivity index (χ1n) is 13.2. The summed E-state index contributed by atoms with van der Waals surface area (Å²) >= 11 is 0. The Kier molecular flexibility index (Phi) is 8.67. The van der Waals surface area contributed by atoms with Crippen LogP contribution in [0.1, 0.15) is 88.7 Å². The Labute approximate surface area is 205 Å². The van der Waals surface area contributed by atoms with Crippen molar-refractivity contribution in [2.75, 3.05) is 0 Å². The Morgan fingerprint density at radius 2 is 1.40 bits per heavy atom. The van der Waals surface area contributed by atoms with Crippen LogP contribution in [0.25, 0.3) is 11.1 Å². The van der Waals surface area contributed by atoms with Crippen molar-refractivity contribution < 1.29 is 22.0 Å². The molecule has 1 saturated carbocycles. The van der Waals surface area contributed by atoms with E-state index in [4.69, 9.17) is 0 Å². The molecule has 2 aliphatic rings. The van der Waals surface area contributed by atoms with Crippen molar-refractivity contribution in [2.45, 2.75) is 90.4 Å². The maximum atomic E-state index is 15.2. The molecule has 4 rings (SSSR count). The molecule has 0 bridgehead atoms. The van der Waals surface area contributed by atoms with Crippen LogP contribution in [-0.4, -0.2) is 0 Å². The lowest BCUT2D eigenvalue weighted by Crippen LogP contribution is -2.15. The molecule has 0 saturated heterocycles. The van der Waals surface area contributed by atoms with Crippen LogP contribution < -0.4 is 0 Å². The second kappa shape index (κ2) is 11.7. The summed E-state index contributed by atoms with van der Waals surface area (Å²) in [6.45, 7) is 2.24. The minimum Gasteiger partial charge on any atom is -0.206 e. The molecule has 0 aromatic heterocycles. The second-order valence-electron chi connectivity index (χ2n) is 10.5. The van der Waals surface area contributed by atoms with E-state index in [1.807, 2.05) is 6.08 Å². The Morgan fingerprint density at radius 3 is 2.06 bits per heavy atom. The fourth-order valence-corrected chi connectivity index (χ4v) is 5.86. The van der Waals surface area contributed by atoms with Gasteiger partial charge in [0.05, 0.1) is 5.56 Å². The van der Waals surface area contributed by atoms with Crippen LogP contribution in [0.5, 0.6) is 0 Å². The zero-order chi connectivity index (χ0) is 24.9. The van der Waals surface area contributed by atoms with E-state index in [9.17, 15) is 17.6 Å². The van der Waals surface area contributed by atoms with Crippen LogP contribution in [0.15, 0.2) is 29.8 Å². The topological polar surface area (TPSA) is 0 Å². The fraction of sp³-hybridized carbons (Fsp3) is 0.533. The maximum absolute atomic E-state index is 15.2. The van der Waals surface area contributed by atoms with E-state index in [-0.39, 0.29) is 5.56 Å². The highest BCUT2D eigenvalue weighted by Crippen LogP contribution is 2.38. The molecule has 2 aromatic carbocycles. The number of hydrogen-bond donors (Lipinski definition) is 0. The van der Waals surface area contributed by atoms with Crippen LogP contribution in [0.2, 0.25) is 0 Å². The summed E-state index contributed by atoms with van der Waals surface area (Å²) in [6.07, 6.45) is 16.8. The molecule has 0 heterocycles. The summed E-state index contributed by atoms with van der Waals surface area (Å²) in [5.41, 5.74) is 1.28. The van der Waals surface area contributed by atoms with E-state index in [1.54, 1.807) is 0 Å². The van der Waals surface area contributed by atoms with E-state index >= 15 is 4.39 Å². The van der Waals surface area contributed by atoms with Gasteiger partial charge in [-0.2, -0.15) is 0 Å². The molecule has 0 N–H and O–H groups in total. The standard InChI is InChI=1S/C30H35F5/c1-2-3-4-5-6-19-7-9-20(10-8-19)11-12-21-13-14-24-22(15-21)16-25(31)28(29(24)34)23-17-26(32)30(35)27(33)18-23/h13,16-20H,2-12,14-15H2,1H3. The quantitative estimate of drug-likeness (QED) is 0.142. The zero-order valence-electron chi connectivity index (χ0n) is 20.5. The van der Waals surface area contributed by atoms with E-state index in [0.29, 0.717) is 36.1 Å². The SMILES string of the molecule is CCCCCCC1CCC(CCC2=CCc3c(cc(F)c(-c4cc(F)c(F)c(F)c4)c3F)C2)CC1. The van der Waals surface area contributed by atoms with Crippen LogP contribution in [0.3, 0.4) is 0 Å². The van der Waals surface area contributed by atoms with Gasteiger partial charge in [-0.05, 0) is 72.4 Å². The Balaban J connectivity index is 1.35. The number of rotatable bonds is 9. The first kappa shape index (κ1) is 25.9. The predicted molar refractivity (Wildman–Crippen MR) is 131 cm³/mol. The first-order chi connectivity index (χ1) is 16.9. The predicted octanol–water partition coefficient (Wildman–Crippen LogP) is 9.63. The summed E-state index contributed by atoms with van der Waals surface area (Å²) in [7, 11) is 0. The van der Waals surface area contributed by atoms with Crippen molar-refractivity contribution >= 4 is 0 Å². The molecule has 2 aliphatic carbocycles. The van der Waals surface area contributed by atoms with E-state index in [0.717, 1.165) is 24.7 Å². The van der Waals surface area contributed by atoms with Gasteiger partial charge in [0.15, 0.2) is 17.5 Å². The molecule has 0 atom stereocenters. The summed E-state index contributed by atoms with van der Waals surface area (Å²) < 4.78 is 70.7. The Bertz CT molecular complexity index is 1040. The average molecular weight is 491 g/mol. The summed E-state index contributed by atoms with van der Waals surface area (Å²) in [5, 5.41) is 0. The highest BCUT2D eigenvalue weighted by Gasteiger charge is 2.25. The molecule has 0 aliphatic heterocycles. The van der Waals surface area contributed by atoms with Crippen LogP contribution in [-0.2, 0) is 12.8 Å². The zero-order valence-corrected chi connectivity index (χ0v) is 20.5. The lowest BCUT2D eigenvalue weighted by atomic mass is 9.77. The van der Waals surface area contributed by atoms with Crippen LogP contribution in [0.4, 0.5) is 22.0 Å². The van der Waals surface area contributed by atoms with Crippen molar-refractivity contribution in [2.24, 2.45) is 11.8 Å². The van der Waals surface area contributed by atoms with Gasteiger partial charge in [-0.15, -0.1) is 0 Å². The van der Waals surface area contributed by atoms with E-state index < -0.39 is 34.6 Å². The number of hydrogen-bond acceptors (Lipinski definition) is 0. The Morgan fingerprint density at radius 1 is 0.743 bits per heavy atom. The molecule has 35 heavy (non-hydrogen) atoms. The summed E-state index contributed by atoms with van der Waals surface area (Å²) in [5.74, 6) is -4.69. The second-order valence-corrected chi connectivity index (χ2v) is 10.5. The van der Waals surface area contributed by atoms with Gasteiger partial charge in [0.2, 0.25) is 0 Å². The third-order valence-corrected chi connectivity index (χ3v) is 8.00. The monoisotopic (exact) mass is 490 g/mol. The molecular formula is C30H35F5. The van der Waals surface area contributed by atoms with Gasteiger partial charge in [0.25, 0.3) is 0 Å². The smallest absolute Gasteiger partial charge is 0.194 e. The highest BCUT2D eigenvalue weighted by molar-refractivity contribution is 5.67. The van der Waals surface area contributed by atoms with Crippen molar-refractivity contribution in [3.63, 3.8) is 0 Å². The number of halogens is 5. The lowest BCUT2D eigenvalue weighted by molar-refractivity contribution is 0.248. The number of fused-ring (bicyclic) bond motifs is 1. The van der Waals surface area contributed by atoms with E-state index in [1.165, 1.54) is 69.4 Å². The van der Waals surface area contributed by atoms with Crippen LogP contribution in [0, 0.1) is 40.9 Å². The third-order valence-electron chi connectivity index (χ3n) is 8.00. The van der Waals surface area contributed by atoms with Crippen molar-refractivity contribution in [1.82, 2.24) is 0 Å². The highest BCUT2D eigenvalue weighted by atomic mass is 19.2. The minimum absolute atomic E-state index is 0.320. The average Bonchev–Trinajstić information content (AvgIpc) is 2.84. The molecule has 0 amide bonds. The first-order valence-corrected chi connectivity index (χ1v) is 13.2. The molecule has 0 nitrogen and oxygen atoms in total. The molecule has 0 spiro atoms.